The second kappa shape index (κ2) is 4.28. The van der Waals surface area contributed by atoms with Gasteiger partial charge >= 0.3 is 0 Å². The molecule has 2 heterocycles. The van der Waals surface area contributed by atoms with Crippen LogP contribution in [-0.4, -0.2) is 34.6 Å². The molecule has 1 unspecified atom stereocenters. The lowest BCUT2D eigenvalue weighted by molar-refractivity contribution is 0.0575. The molecular formula is C14H14FNO2S. The fourth-order valence-electron chi connectivity index (χ4n) is 2.41. The first kappa shape index (κ1) is 12.6. The Hall–Kier alpha value is -1.46. The van der Waals surface area contributed by atoms with E-state index in [9.17, 15) is 14.3 Å². The number of carbonyl (C=O) groups is 1. The molecule has 1 aliphatic heterocycles. The monoisotopic (exact) mass is 279 g/mol. The molecule has 1 fully saturated rings. The molecule has 0 aliphatic carbocycles. The van der Waals surface area contributed by atoms with E-state index in [2.05, 4.69) is 0 Å². The fraction of sp³-hybridized carbons (Fsp3) is 0.357. The summed E-state index contributed by atoms with van der Waals surface area (Å²) in [5, 5.41) is 10.4. The van der Waals surface area contributed by atoms with Crippen LogP contribution >= 0.6 is 11.3 Å². The van der Waals surface area contributed by atoms with Crippen LogP contribution in [0.3, 0.4) is 0 Å². The number of aliphatic hydroxyl groups is 1. The topological polar surface area (TPSA) is 40.5 Å². The standard InChI is InChI=1S/C14H14FNO2S/c1-14(18)5-6-16(8-14)13(17)12-7-9-10(15)3-2-4-11(9)19-12/h2-4,7,18H,5-6,8H2,1H3. The minimum absolute atomic E-state index is 0.127. The lowest BCUT2D eigenvalue weighted by Gasteiger charge is -2.18. The summed E-state index contributed by atoms with van der Waals surface area (Å²) in [5.41, 5.74) is -0.808. The highest BCUT2D eigenvalue weighted by Crippen LogP contribution is 2.30. The highest BCUT2D eigenvalue weighted by atomic mass is 32.1. The third-order valence-electron chi connectivity index (χ3n) is 3.46. The van der Waals surface area contributed by atoms with Crippen molar-refractivity contribution in [2.24, 2.45) is 0 Å². The smallest absolute Gasteiger partial charge is 0.264 e. The van der Waals surface area contributed by atoms with Gasteiger partial charge in [-0.2, -0.15) is 0 Å². The number of fused-ring (bicyclic) bond motifs is 1. The summed E-state index contributed by atoms with van der Waals surface area (Å²) in [6.45, 7) is 2.61. The summed E-state index contributed by atoms with van der Waals surface area (Å²) in [4.78, 5) is 14.5. The Kier molecular flexibility index (Phi) is 2.83. The van der Waals surface area contributed by atoms with Gasteiger partial charge in [-0.25, -0.2) is 4.39 Å². The van der Waals surface area contributed by atoms with Gasteiger partial charge in [0.2, 0.25) is 0 Å². The van der Waals surface area contributed by atoms with Gasteiger partial charge in [0.05, 0.1) is 10.5 Å². The molecule has 0 bridgehead atoms. The largest absolute Gasteiger partial charge is 0.388 e. The summed E-state index contributed by atoms with van der Waals surface area (Å²) in [6, 6.07) is 6.44. The van der Waals surface area contributed by atoms with Gasteiger partial charge in [-0.05, 0) is 31.5 Å². The van der Waals surface area contributed by atoms with Gasteiger partial charge in [0.25, 0.3) is 5.91 Å². The maximum Gasteiger partial charge on any atom is 0.264 e. The van der Waals surface area contributed by atoms with Gasteiger partial charge < -0.3 is 10.0 Å². The molecule has 1 atom stereocenters. The molecule has 1 amide bonds. The van der Waals surface area contributed by atoms with Crippen molar-refractivity contribution in [2.45, 2.75) is 18.9 Å². The van der Waals surface area contributed by atoms with Crippen molar-refractivity contribution >= 4 is 27.3 Å². The van der Waals surface area contributed by atoms with Gasteiger partial charge in [-0.15, -0.1) is 11.3 Å². The summed E-state index contributed by atoms with van der Waals surface area (Å²) >= 11 is 1.29. The van der Waals surface area contributed by atoms with Crippen LogP contribution in [0.4, 0.5) is 4.39 Å². The number of rotatable bonds is 1. The number of hydrogen-bond acceptors (Lipinski definition) is 3. The third-order valence-corrected chi connectivity index (χ3v) is 4.55. The highest BCUT2D eigenvalue weighted by molar-refractivity contribution is 7.20. The summed E-state index contributed by atoms with van der Waals surface area (Å²) in [5.74, 6) is -0.431. The number of benzene rings is 1. The van der Waals surface area contributed by atoms with E-state index in [0.717, 1.165) is 4.70 Å². The van der Waals surface area contributed by atoms with Crippen molar-refractivity contribution in [3.05, 3.63) is 35.0 Å². The van der Waals surface area contributed by atoms with Gasteiger partial charge in [0.1, 0.15) is 5.82 Å². The second-order valence-electron chi connectivity index (χ2n) is 5.24. The molecule has 0 spiro atoms. The van der Waals surface area contributed by atoms with Crippen LogP contribution < -0.4 is 0 Å². The van der Waals surface area contributed by atoms with Gasteiger partial charge in [-0.1, -0.05) is 6.07 Å². The van der Waals surface area contributed by atoms with E-state index in [4.69, 9.17) is 0 Å². The minimum Gasteiger partial charge on any atom is -0.388 e. The Morgan fingerprint density at radius 2 is 2.32 bits per heavy atom. The predicted octanol–water partition coefficient (Wildman–Crippen LogP) is 2.64. The Morgan fingerprint density at radius 1 is 1.53 bits per heavy atom. The first-order chi connectivity index (χ1) is 8.96. The van der Waals surface area contributed by atoms with Crippen LogP contribution in [0.15, 0.2) is 24.3 Å². The second-order valence-corrected chi connectivity index (χ2v) is 6.32. The van der Waals surface area contributed by atoms with Crippen molar-refractivity contribution in [1.82, 2.24) is 4.90 Å². The van der Waals surface area contributed by atoms with Gasteiger partial charge in [0.15, 0.2) is 0 Å². The summed E-state index contributed by atoms with van der Waals surface area (Å²) in [7, 11) is 0. The molecule has 0 radical (unpaired) electrons. The number of thiophene rings is 1. The van der Waals surface area contributed by atoms with Crippen LogP contribution in [0, 0.1) is 5.82 Å². The molecular weight excluding hydrogens is 265 g/mol. The Labute approximate surface area is 114 Å². The zero-order valence-electron chi connectivity index (χ0n) is 10.5. The SMILES string of the molecule is CC1(O)CCN(C(=O)c2cc3c(F)cccc3s2)C1. The number of β-amino-alcohol motifs (C(OH)–C–C–N with tert-alkyl or cyclic N) is 1. The van der Waals surface area contributed by atoms with Gasteiger partial charge in [0, 0.05) is 23.2 Å². The molecule has 3 rings (SSSR count). The number of halogens is 1. The lowest BCUT2D eigenvalue weighted by Crippen LogP contribution is -2.33. The van der Waals surface area contributed by atoms with E-state index < -0.39 is 5.60 Å². The Balaban J connectivity index is 1.92. The number of likely N-dealkylation sites (tertiary alicyclic amines) is 1. The first-order valence-electron chi connectivity index (χ1n) is 6.16. The van der Waals surface area contributed by atoms with Gasteiger partial charge in [-0.3, -0.25) is 4.79 Å². The van der Waals surface area contributed by atoms with E-state index in [1.165, 1.54) is 17.4 Å². The van der Waals surface area contributed by atoms with Crippen LogP contribution in [-0.2, 0) is 0 Å². The summed E-state index contributed by atoms with van der Waals surface area (Å²) < 4.78 is 14.4. The molecule has 1 saturated heterocycles. The predicted molar refractivity (Wildman–Crippen MR) is 72.9 cm³/mol. The minimum atomic E-state index is -0.808. The molecule has 100 valence electrons. The average Bonchev–Trinajstić information content (AvgIpc) is 2.92. The number of hydrogen-bond donors (Lipinski definition) is 1. The van der Waals surface area contributed by atoms with E-state index in [1.54, 1.807) is 30.0 Å². The van der Waals surface area contributed by atoms with E-state index >= 15 is 0 Å². The molecule has 1 N–H and O–H groups in total. The van der Waals surface area contributed by atoms with E-state index in [0.29, 0.717) is 29.8 Å². The zero-order valence-corrected chi connectivity index (χ0v) is 11.3. The van der Waals surface area contributed by atoms with Crippen LogP contribution in [0.5, 0.6) is 0 Å². The molecule has 0 saturated carbocycles. The third kappa shape index (κ3) is 2.24. The fourth-order valence-corrected chi connectivity index (χ4v) is 3.45. The number of nitrogens with zero attached hydrogens (tertiary/aromatic N) is 1. The quantitative estimate of drug-likeness (QED) is 0.871. The molecule has 3 nitrogen and oxygen atoms in total. The van der Waals surface area contributed by atoms with Crippen molar-refractivity contribution in [1.29, 1.82) is 0 Å². The normalized spacial score (nSPS) is 23.2. The molecule has 1 aliphatic rings. The average molecular weight is 279 g/mol. The summed E-state index contributed by atoms with van der Waals surface area (Å²) in [6.07, 6.45) is 0.581. The molecule has 19 heavy (non-hydrogen) atoms. The number of amides is 1. The van der Waals surface area contributed by atoms with Crippen molar-refractivity contribution in [3.63, 3.8) is 0 Å². The molecule has 1 aromatic heterocycles. The Bertz CT molecular complexity index is 650. The lowest BCUT2D eigenvalue weighted by atomic mass is 10.1. The van der Waals surface area contributed by atoms with Crippen LogP contribution in [0.2, 0.25) is 0 Å². The molecule has 1 aromatic carbocycles. The van der Waals surface area contributed by atoms with Crippen molar-refractivity contribution < 1.29 is 14.3 Å². The Morgan fingerprint density at radius 3 is 2.95 bits per heavy atom. The maximum atomic E-state index is 13.6. The van der Waals surface area contributed by atoms with Crippen molar-refractivity contribution in [3.8, 4) is 0 Å². The van der Waals surface area contributed by atoms with E-state index in [-0.39, 0.29) is 11.7 Å². The van der Waals surface area contributed by atoms with Crippen molar-refractivity contribution in [2.75, 3.05) is 13.1 Å². The maximum absolute atomic E-state index is 13.6. The van der Waals surface area contributed by atoms with E-state index in [1.807, 2.05) is 0 Å². The van der Waals surface area contributed by atoms with Crippen LogP contribution in [0.25, 0.3) is 10.1 Å². The number of carbonyl (C=O) groups excluding carboxylic acids is 1. The van der Waals surface area contributed by atoms with Crippen LogP contribution in [0.1, 0.15) is 23.0 Å². The first-order valence-corrected chi connectivity index (χ1v) is 6.98. The molecule has 5 heteroatoms. The zero-order chi connectivity index (χ0) is 13.6. The highest BCUT2D eigenvalue weighted by Gasteiger charge is 2.34. The molecule has 2 aromatic rings.